The molecule has 2 heterocycles. The highest BCUT2D eigenvalue weighted by atomic mass is 16.5. The molecule has 6 heteroatoms. The quantitative estimate of drug-likeness (QED) is 0.818. The van der Waals surface area contributed by atoms with Crippen LogP contribution in [0.3, 0.4) is 0 Å². The monoisotopic (exact) mass is 281 g/mol. The molecule has 3 atom stereocenters. The lowest BCUT2D eigenvalue weighted by Gasteiger charge is -2.20. The lowest BCUT2D eigenvalue weighted by Crippen LogP contribution is -2.44. The number of nitrogens with one attached hydrogen (secondary N) is 2. The van der Waals surface area contributed by atoms with Crippen LogP contribution in [0.5, 0.6) is 0 Å². The molecule has 1 aliphatic heterocycles. The summed E-state index contributed by atoms with van der Waals surface area (Å²) < 4.78 is 10.8. The zero-order valence-corrected chi connectivity index (χ0v) is 12.3. The van der Waals surface area contributed by atoms with E-state index >= 15 is 0 Å². The van der Waals surface area contributed by atoms with Crippen LogP contribution in [0.15, 0.2) is 10.6 Å². The first-order valence-corrected chi connectivity index (χ1v) is 7.15. The molecule has 1 fully saturated rings. The lowest BCUT2D eigenvalue weighted by atomic mass is 10.0. The zero-order valence-electron chi connectivity index (χ0n) is 12.3. The molecule has 2 N–H and O–H groups in total. The van der Waals surface area contributed by atoms with Gasteiger partial charge in [-0.2, -0.15) is 0 Å². The number of ether oxygens (including phenoxy) is 1. The minimum Gasteiger partial charge on any atom is -0.444 e. The van der Waals surface area contributed by atoms with Gasteiger partial charge in [0, 0.05) is 6.04 Å². The number of aromatic nitrogens is 1. The minimum absolute atomic E-state index is 0.0144. The second-order valence-corrected chi connectivity index (χ2v) is 5.24. The number of aryl methyl sites for hydroxylation is 1. The van der Waals surface area contributed by atoms with Gasteiger partial charge in [0.2, 0.25) is 11.8 Å². The number of rotatable bonds is 6. The number of carbonyl (C=O) groups is 1. The standard InChI is InChI=1S/C14H23N3O3/c1-4-5-15-12-8-19-7-11(12)13(18)17-10(3)14-16-6-9(2)20-14/h6,10-12,15H,4-5,7-8H2,1-3H3,(H,17,18). The number of nitrogens with zero attached hydrogens (tertiary/aromatic N) is 1. The molecule has 2 rings (SSSR count). The van der Waals surface area contributed by atoms with E-state index in [1.807, 2.05) is 13.8 Å². The summed E-state index contributed by atoms with van der Waals surface area (Å²) >= 11 is 0. The summed E-state index contributed by atoms with van der Waals surface area (Å²) in [6, 6.07) is -0.142. The summed E-state index contributed by atoms with van der Waals surface area (Å²) in [6.45, 7) is 7.75. The Balaban J connectivity index is 1.90. The molecule has 1 saturated heterocycles. The number of amides is 1. The molecule has 0 aliphatic carbocycles. The number of hydrogen-bond acceptors (Lipinski definition) is 5. The van der Waals surface area contributed by atoms with E-state index in [-0.39, 0.29) is 23.9 Å². The van der Waals surface area contributed by atoms with E-state index in [2.05, 4.69) is 22.5 Å². The van der Waals surface area contributed by atoms with Crippen LogP contribution in [0, 0.1) is 12.8 Å². The molecule has 0 bridgehead atoms. The fourth-order valence-electron chi connectivity index (χ4n) is 2.30. The molecule has 0 aromatic carbocycles. The highest BCUT2D eigenvalue weighted by Crippen LogP contribution is 2.17. The van der Waals surface area contributed by atoms with Crippen molar-refractivity contribution in [2.45, 2.75) is 39.3 Å². The molecule has 6 nitrogen and oxygen atoms in total. The van der Waals surface area contributed by atoms with Gasteiger partial charge in [0.05, 0.1) is 25.3 Å². The van der Waals surface area contributed by atoms with Crippen molar-refractivity contribution < 1.29 is 13.9 Å². The molecule has 1 aliphatic rings. The predicted molar refractivity (Wildman–Crippen MR) is 74.2 cm³/mol. The first-order chi connectivity index (χ1) is 9.61. The van der Waals surface area contributed by atoms with E-state index in [4.69, 9.17) is 9.15 Å². The Kier molecular flexibility index (Phi) is 5.14. The molecular weight excluding hydrogens is 258 g/mol. The fraction of sp³-hybridized carbons (Fsp3) is 0.714. The van der Waals surface area contributed by atoms with Gasteiger partial charge in [-0.25, -0.2) is 4.98 Å². The Hall–Kier alpha value is -1.40. The third kappa shape index (κ3) is 3.58. The van der Waals surface area contributed by atoms with Crippen molar-refractivity contribution in [2.24, 2.45) is 5.92 Å². The molecule has 112 valence electrons. The van der Waals surface area contributed by atoms with Crippen LogP contribution in [0.25, 0.3) is 0 Å². The van der Waals surface area contributed by atoms with Crippen LogP contribution in [-0.2, 0) is 9.53 Å². The van der Waals surface area contributed by atoms with Crippen LogP contribution in [-0.4, -0.2) is 36.7 Å². The SMILES string of the molecule is CCCNC1COCC1C(=O)NC(C)c1ncc(C)o1. The highest BCUT2D eigenvalue weighted by molar-refractivity contribution is 5.80. The van der Waals surface area contributed by atoms with E-state index in [0.29, 0.717) is 19.1 Å². The molecule has 1 aromatic rings. The maximum absolute atomic E-state index is 12.3. The van der Waals surface area contributed by atoms with Gasteiger partial charge in [-0.15, -0.1) is 0 Å². The van der Waals surface area contributed by atoms with Crippen molar-refractivity contribution in [3.63, 3.8) is 0 Å². The summed E-state index contributed by atoms with van der Waals surface area (Å²) in [5.74, 6) is 1.11. The third-order valence-electron chi connectivity index (χ3n) is 3.44. The maximum Gasteiger partial charge on any atom is 0.227 e. The lowest BCUT2D eigenvalue weighted by molar-refractivity contribution is -0.126. The van der Waals surface area contributed by atoms with E-state index in [1.54, 1.807) is 6.20 Å². The molecule has 0 spiro atoms. The molecule has 0 radical (unpaired) electrons. The van der Waals surface area contributed by atoms with E-state index in [1.165, 1.54) is 0 Å². The summed E-state index contributed by atoms with van der Waals surface area (Å²) in [5.41, 5.74) is 0. The molecule has 0 saturated carbocycles. The first kappa shape index (κ1) is 15.0. The van der Waals surface area contributed by atoms with Gasteiger partial charge >= 0.3 is 0 Å². The summed E-state index contributed by atoms with van der Waals surface area (Å²) in [6.07, 6.45) is 2.69. The molecule has 1 amide bonds. The summed E-state index contributed by atoms with van der Waals surface area (Å²) in [5, 5.41) is 6.30. The van der Waals surface area contributed by atoms with E-state index in [9.17, 15) is 4.79 Å². The van der Waals surface area contributed by atoms with Crippen LogP contribution in [0.1, 0.15) is 38.0 Å². The average Bonchev–Trinajstić information content (AvgIpc) is 3.04. The van der Waals surface area contributed by atoms with E-state index < -0.39 is 0 Å². The van der Waals surface area contributed by atoms with Gasteiger partial charge in [0.15, 0.2) is 0 Å². The average molecular weight is 281 g/mol. The smallest absolute Gasteiger partial charge is 0.227 e. The summed E-state index contributed by atoms with van der Waals surface area (Å²) in [4.78, 5) is 16.4. The second-order valence-electron chi connectivity index (χ2n) is 5.24. The Morgan fingerprint density at radius 1 is 1.55 bits per heavy atom. The number of hydrogen-bond donors (Lipinski definition) is 2. The largest absolute Gasteiger partial charge is 0.444 e. The summed E-state index contributed by atoms with van der Waals surface area (Å²) in [7, 11) is 0. The Morgan fingerprint density at radius 2 is 2.35 bits per heavy atom. The highest BCUT2D eigenvalue weighted by Gasteiger charge is 2.34. The zero-order chi connectivity index (χ0) is 14.5. The van der Waals surface area contributed by atoms with Crippen molar-refractivity contribution in [1.82, 2.24) is 15.6 Å². The van der Waals surface area contributed by atoms with Crippen LogP contribution < -0.4 is 10.6 Å². The molecule has 3 unspecified atom stereocenters. The predicted octanol–water partition coefficient (Wildman–Crippen LogP) is 1.17. The van der Waals surface area contributed by atoms with Crippen molar-refractivity contribution in [1.29, 1.82) is 0 Å². The van der Waals surface area contributed by atoms with Gasteiger partial charge in [0.1, 0.15) is 11.8 Å². The van der Waals surface area contributed by atoms with Crippen molar-refractivity contribution in [3.05, 3.63) is 17.8 Å². The topological polar surface area (TPSA) is 76.4 Å². The van der Waals surface area contributed by atoms with E-state index in [0.717, 1.165) is 18.7 Å². The third-order valence-corrected chi connectivity index (χ3v) is 3.44. The van der Waals surface area contributed by atoms with Gasteiger partial charge in [-0.3, -0.25) is 4.79 Å². The number of carbonyl (C=O) groups excluding carboxylic acids is 1. The number of oxazole rings is 1. The van der Waals surface area contributed by atoms with Gasteiger partial charge in [0.25, 0.3) is 0 Å². The Bertz CT molecular complexity index is 447. The second kappa shape index (κ2) is 6.85. The van der Waals surface area contributed by atoms with Crippen LogP contribution in [0.4, 0.5) is 0 Å². The minimum atomic E-state index is -0.233. The molecule has 20 heavy (non-hydrogen) atoms. The maximum atomic E-state index is 12.3. The fourth-order valence-corrected chi connectivity index (χ4v) is 2.30. The van der Waals surface area contributed by atoms with Gasteiger partial charge < -0.3 is 19.8 Å². The Labute approximate surface area is 119 Å². The van der Waals surface area contributed by atoms with Crippen molar-refractivity contribution in [2.75, 3.05) is 19.8 Å². The van der Waals surface area contributed by atoms with Gasteiger partial charge in [-0.05, 0) is 26.8 Å². The van der Waals surface area contributed by atoms with Crippen molar-refractivity contribution >= 4 is 5.91 Å². The van der Waals surface area contributed by atoms with Crippen LogP contribution >= 0.6 is 0 Å². The molecule has 1 aromatic heterocycles. The van der Waals surface area contributed by atoms with Crippen molar-refractivity contribution in [3.8, 4) is 0 Å². The van der Waals surface area contributed by atoms with Gasteiger partial charge in [-0.1, -0.05) is 6.92 Å². The first-order valence-electron chi connectivity index (χ1n) is 7.15. The molecular formula is C14H23N3O3. The normalized spacial score (nSPS) is 23.8. The van der Waals surface area contributed by atoms with Crippen LogP contribution in [0.2, 0.25) is 0 Å². The Morgan fingerprint density at radius 3 is 3.00 bits per heavy atom.